The predicted octanol–water partition coefficient (Wildman–Crippen LogP) is 3.11. The van der Waals surface area contributed by atoms with E-state index in [1.54, 1.807) is 19.6 Å². The van der Waals surface area contributed by atoms with Gasteiger partial charge in [0.2, 0.25) is 5.91 Å². The van der Waals surface area contributed by atoms with E-state index < -0.39 is 0 Å². The third-order valence-electron chi connectivity index (χ3n) is 7.27. The molecule has 0 N–H and O–H groups in total. The van der Waals surface area contributed by atoms with Crippen molar-refractivity contribution in [3.63, 3.8) is 0 Å². The number of para-hydroxylation sites is 1. The number of carbonyl (C=O) groups is 1. The van der Waals surface area contributed by atoms with Crippen molar-refractivity contribution in [2.75, 3.05) is 25.1 Å². The van der Waals surface area contributed by atoms with Gasteiger partial charge in [-0.25, -0.2) is 0 Å². The molecule has 1 spiro atoms. The number of fused-ring (bicyclic) bond motifs is 2. The molecule has 1 saturated carbocycles. The van der Waals surface area contributed by atoms with E-state index in [0.717, 1.165) is 30.8 Å². The summed E-state index contributed by atoms with van der Waals surface area (Å²) in [5.74, 6) is 1.60. The Labute approximate surface area is 149 Å². The van der Waals surface area contributed by atoms with Crippen LogP contribution >= 0.6 is 0 Å². The quantitative estimate of drug-likeness (QED) is 0.738. The minimum Gasteiger partial charge on any atom is -0.495 e. The monoisotopic (exact) mass is 338 g/mol. The molecule has 4 nitrogen and oxygen atoms in total. The average Bonchev–Trinajstić information content (AvgIpc) is 3.16. The fraction of sp³-hybridized carbons (Fsp3) is 0.571. The highest BCUT2D eigenvalue weighted by atomic mass is 16.5. The Morgan fingerprint density at radius 3 is 2.92 bits per heavy atom. The van der Waals surface area contributed by atoms with Gasteiger partial charge in [0, 0.05) is 24.4 Å². The SMILES string of the molecule is CC=C1[C@H]2CCN3CC[C@]4(c5cccc(OC)c5N(C(C)=O)[C@@H]4C2)[C@@H]13. The van der Waals surface area contributed by atoms with Gasteiger partial charge in [-0.05, 0) is 56.8 Å². The summed E-state index contributed by atoms with van der Waals surface area (Å²) in [6.07, 6.45) is 5.81. The highest BCUT2D eigenvalue weighted by Gasteiger charge is 2.66. The number of piperidine rings is 1. The zero-order chi connectivity index (χ0) is 17.3. The Hall–Kier alpha value is -1.81. The van der Waals surface area contributed by atoms with Crippen LogP contribution in [-0.4, -0.2) is 43.1 Å². The molecule has 3 heterocycles. The first-order valence-corrected chi connectivity index (χ1v) is 9.51. The summed E-state index contributed by atoms with van der Waals surface area (Å²) in [4.78, 5) is 17.5. The highest BCUT2D eigenvalue weighted by molar-refractivity contribution is 5.98. The number of carbonyl (C=O) groups excluding carboxylic acids is 1. The maximum atomic E-state index is 12.7. The number of anilines is 1. The van der Waals surface area contributed by atoms with Crippen LogP contribution in [0.1, 0.15) is 38.7 Å². The van der Waals surface area contributed by atoms with Crippen molar-refractivity contribution >= 4 is 11.6 Å². The van der Waals surface area contributed by atoms with Gasteiger partial charge >= 0.3 is 0 Å². The van der Waals surface area contributed by atoms with Gasteiger partial charge in [-0.1, -0.05) is 23.8 Å². The molecule has 1 aliphatic carbocycles. The first-order valence-electron chi connectivity index (χ1n) is 9.51. The first-order chi connectivity index (χ1) is 12.1. The van der Waals surface area contributed by atoms with E-state index in [1.165, 1.54) is 18.5 Å². The van der Waals surface area contributed by atoms with Gasteiger partial charge in [0.25, 0.3) is 0 Å². The third kappa shape index (κ3) is 1.69. The molecule has 3 aliphatic heterocycles. The topological polar surface area (TPSA) is 32.8 Å². The summed E-state index contributed by atoms with van der Waals surface area (Å²) in [7, 11) is 1.71. The van der Waals surface area contributed by atoms with Crippen molar-refractivity contribution in [3.8, 4) is 5.75 Å². The van der Waals surface area contributed by atoms with E-state index in [2.05, 4.69) is 34.9 Å². The summed E-state index contributed by atoms with van der Waals surface area (Å²) < 4.78 is 5.69. The van der Waals surface area contributed by atoms with Gasteiger partial charge < -0.3 is 9.64 Å². The lowest BCUT2D eigenvalue weighted by molar-refractivity contribution is -0.117. The number of hydrogen-bond donors (Lipinski definition) is 0. The Balaban J connectivity index is 1.80. The van der Waals surface area contributed by atoms with Gasteiger partial charge in [-0.15, -0.1) is 0 Å². The molecule has 25 heavy (non-hydrogen) atoms. The molecular formula is C21H26N2O2. The van der Waals surface area contributed by atoms with E-state index in [0.29, 0.717) is 12.0 Å². The standard InChI is InChI=1S/C21H26N2O2/c1-4-15-14-8-10-22-11-9-21(20(15)22)16-6-5-7-17(25-3)19(16)23(13(2)24)18(21)12-14/h4-7,14,18,20H,8-12H2,1-3H3/t14-,18+,20+,21+/m0/s1. The molecule has 2 saturated heterocycles. The van der Waals surface area contributed by atoms with Crippen LogP contribution in [0.4, 0.5) is 5.69 Å². The number of hydrogen-bond acceptors (Lipinski definition) is 3. The second-order valence-corrected chi connectivity index (χ2v) is 8.00. The average molecular weight is 338 g/mol. The summed E-state index contributed by atoms with van der Waals surface area (Å²) in [6.45, 7) is 6.24. The maximum Gasteiger partial charge on any atom is 0.224 e. The van der Waals surface area contributed by atoms with E-state index in [-0.39, 0.29) is 17.4 Å². The van der Waals surface area contributed by atoms with Crippen molar-refractivity contribution in [1.29, 1.82) is 0 Å². The minimum atomic E-state index is 0.0360. The Morgan fingerprint density at radius 2 is 2.20 bits per heavy atom. The Bertz CT molecular complexity index is 786. The first kappa shape index (κ1) is 15.4. The van der Waals surface area contributed by atoms with Crippen molar-refractivity contribution in [2.45, 2.75) is 50.6 Å². The molecule has 1 aromatic rings. The number of allylic oxidation sites excluding steroid dienone is 1. The van der Waals surface area contributed by atoms with E-state index in [4.69, 9.17) is 4.74 Å². The number of nitrogens with zero attached hydrogens (tertiary/aromatic N) is 2. The summed E-state index contributed by atoms with van der Waals surface area (Å²) in [5.41, 5.74) is 4.01. The number of methoxy groups -OCH3 is 1. The van der Waals surface area contributed by atoms with Crippen LogP contribution in [0.5, 0.6) is 5.75 Å². The van der Waals surface area contributed by atoms with E-state index >= 15 is 0 Å². The maximum absolute atomic E-state index is 12.7. The van der Waals surface area contributed by atoms with Crippen molar-refractivity contribution in [2.24, 2.45) is 5.92 Å². The molecular weight excluding hydrogens is 312 g/mol. The molecule has 4 atom stereocenters. The fourth-order valence-corrected chi connectivity index (χ4v) is 6.50. The molecule has 132 valence electrons. The van der Waals surface area contributed by atoms with Crippen LogP contribution < -0.4 is 9.64 Å². The third-order valence-corrected chi connectivity index (χ3v) is 7.27. The minimum absolute atomic E-state index is 0.0360. The second kappa shape index (κ2) is 5.10. The number of ether oxygens (including phenoxy) is 1. The second-order valence-electron chi connectivity index (χ2n) is 8.00. The normalized spacial score (nSPS) is 37.2. The van der Waals surface area contributed by atoms with Crippen molar-refractivity contribution in [1.82, 2.24) is 4.90 Å². The lowest BCUT2D eigenvalue weighted by Gasteiger charge is -2.53. The van der Waals surface area contributed by atoms with Gasteiger partial charge in [-0.2, -0.15) is 0 Å². The Morgan fingerprint density at radius 1 is 1.36 bits per heavy atom. The number of amides is 1. The predicted molar refractivity (Wildman–Crippen MR) is 98.1 cm³/mol. The summed E-state index contributed by atoms with van der Waals surface area (Å²) in [5, 5.41) is 0. The molecule has 1 amide bonds. The largest absolute Gasteiger partial charge is 0.495 e. The van der Waals surface area contributed by atoms with Crippen LogP contribution in [-0.2, 0) is 10.2 Å². The van der Waals surface area contributed by atoms with Crippen molar-refractivity contribution in [3.05, 3.63) is 35.4 Å². The molecule has 3 fully saturated rings. The number of rotatable bonds is 1. The molecule has 0 radical (unpaired) electrons. The van der Waals surface area contributed by atoms with Crippen LogP contribution in [0.25, 0.3) is 0 Å². The van der Waals surface area contributed by atoms with Gasteiger partial charge in [0.15, 0.2) is 0 Å². The van der Waals surface area contributed by atoms with Gasteiger partial charge in [-0.3, -0.25) is 9.69 Å². The van der Waals surface area contributed by atoms with Gasteiger partial charge in [0.05, 0.1) is 12.8 Å². The van der Waals surface area contributed by atoms with Crippen LogP contribution in [0.2, 0.25) is 0 Å². The van der Waals surface area contributed by atoms with Crippen LogP contribution in [0, 0.1) is 5.92 Å². The molecule has 5 rings (SSSR count). The van der Waals surface area contributed by atoms with Crippen LogP contribution in [0.15, 0.2) is 29.8 Å². The molecule has 4 aliphatic rings. The smallest absolute Gasteiger partial charge is 0.224 e. The summed E-state index contributed by atoms with van der Waals surface area (Å²) >= 11 is 0. The zero-order valence-electron chi connectivity index (χ0n) is 15.3. The number of benzene rings is 1. The van der Waals surface area contributed by atoms with E-state index in [9.17, 15) is 4.79 Å². The molecule has 2 bridgehead atoms. The Kier molecular flexibility index (Phi) is 3.15. The molecule has 4 heteroatoms. The van der Waals surface area contributed by atoms with Crippen LogP contribution in [0.3, 0.4) is 0 Å². The molecule has 0 aromatic heterocycles. The molecule has 1 aromatic carbocycles. The lowest BCUT2D eigenvalue weighted by atomic mass is 9.58. The van der Waals surface area contributed by atoms with Gasteiger partial charge in [0.1, 0.15) is 5.75 Å². The fourth-order valence-electron chi connectivity index (χ4n) is 6.50. The van der Waals surface area contributed by atoms with Crippen molar-refractivity contribution < 1.29 is 9.53 Å². The highest BCUT2D eigenvalue weighted by Crippen LogP contribution is 2.63. The summed E-state index contributed by atoms with van der Waals surface area (Å²) in [6, 6.07) is 7.06. The lowest BCUT2D eigenvalue weighted by Crippen LogP contribution is -2.61. The van der Waals surface area contributed by atoms with E-state index in [1.807, 2.05) is 6.07 Å². The zero-order valence-corrected chi connectivity index (χ0v) is 15.3. The molecule has 0 unspecified atom stereocenters.